The second-order valence-corrected chi connectivity index (χ2v) is 5.52. The fraction of sp³-hybridized carbons (Fsp3) is 0.111. The molecule has 0 atom stereocenters. The molecule has 0 saturated carbocycles. The summed E-state index contributed by atoms with van der Waals surface area (Å²) in [5.74, 6) is -0.0810. The Morgan fingerprint density at radius 1 is 1.11 bits per heavy atom. The van der Waals surface area contributed by atoms with Gasteiger partial charge in [0.05, 0.1) is 5.69 Å². The quantitative estimate of drug-likeness (QED) is 0.674. The highest BCUT2D eigenvalue weighted by molar-refractivity contribution is 5.73. The topological polar surface area (TPSA) is 99.6 Å². The number of ether oxygens (including phenoxy) is 1. The molecule has 0 radical (unpaired) electrons. The molecule has 1 aromatic heterocycles. The van der Waals surface area contributed by atoms with E-state index in [0.29, 0.717) is 22.4 Å². The maximum absolute atomic E-state index is 12.5. The predicted octanol–water partition coefficient (Wildman–Crippen LogP) is 3.70. The van der Waals surface area contributed by atoms with Gasteiger partial charge in [-0.25, -0.2) is 0 Å². The molecule has 0 aliphatic rings. The van der Waals surface area contributed by atoms with Crippen LogP contribution in [0.2, 0.25) is 0 Å². The molecule has 1 heterocycles. The lowest BCUT2D eigenvalue weighted by atomic mass is 10.2. The van der Waals surface area contributed by atoms with Crippen LogP contribution in [0.1, 0.15) is 0 Å². The van der Waals surface area contributed by atoms with Gasteiger partial charge in [0.25, 0.3) is 0 Å². The van der Waals surface area contributed by atoms with E-state index in [4.69, 9.17) is 15.3 Å². The minimum atomic E-state index is -4.50. The number of rotatable bonds is 5. The highest BCUT2D eigenvalue weighted by atomic mass is 19.4. The van der Waals surface area contributed by atoms with Gasteiger partial charge >= 0.3 is 6.18 Å². The average Bonchev–Trinajstić information content (AvgIpc) is 3.11. The monoisotopic (exact) mass is 384 g/mol. The van der Waals surface area contributed by atoms with Crippen molar-refractivity contribution in [2.45, 2.75) is 6.18 Å². The van der Waals surface area contributed by atoms with E-state index in [1.54, 1.807) is 42.5 Å². The normalized spacial score (nSPS) is 10.8. The first kappa shape index (κ1) is 18.7. The molecule has 2 aromatic carbocycles. The van der Waals surface area contributed by atoms with Crippen molar-refractivity contribution < 1.29 is 17.9 Å². The van der Waals surface area contributed by atoms with Crippen molar-refractivity contribution in [1.82, 2.24) is 15.0 Å². The lowest BCUT2D eigenvalue weighted by molar-refractivity contribution is -0.153. The third-order valence-electron chi connectivity index (χ3n) is 3.44. The summed E-state index contributed by atoms with van der Waals surface area (Å²) >= 11 is 0. The summed E-state index contributed by atoms with van der Waals surface area (Å²) in [6.07, 6.45) is -3.36. The molecular formula is C18H11F3N6O. The van der Waals surface area contributed by atoms with Gasteiger partial charge in [-0.05, 0) is 18.2 Å². The first-order valence-electron chi connectivity index (χ1n) is 7.82. The third kappa shape index (κ3) is 4.56. The number of hydrogen-bond acceptors (Lipinski definition) is 6. The molecule has 0 unspecified atom stereocenters. The number of nitrogens with zero attached hydrogens (tertiary/aromatic N) is 5. The highest BCUT2D eigenvalue weighted by Gasteiger charge is 2.28. The number of anilines is 1. The molecule has 0 aliphatic carbocycles. The molecular weight excluding hydrogens is 373 g/mol. The molecule has 10 heteroatoms. The van der Waals surface area contributed by atoms with Crippen LogP contribution in [0, 0.1) is 22.7 Å². The minimum Gasteiger partial charge on any atom is -0.484 e. The van der Waals surface area contributed by atoms with Crippen LogP contribution in [0.5, 0.6) is 5.75 Å². The zero-order chi connectivity index (χ0) is 20.1. The van der Waals surface area contributed by atoms with Crippen molar-refractivity contribution in [1.29, 1.82) is 10.5 Å². The molecule has 0 amide bonds. The van der Waals surface area contributed by atoms with Crippen molar-refractivity contribution in [3.05, 3.63) is 54.2 Å². The van der Waals surface area contributed by atoms with Gasteiger partial charge in [0.1, 0.15) is 34.5 Å². The van der Waals surface area contributed by atoms with Crippen molar-refractivity contribution in [3.8, 4) is 23.6 Å². The van der Waals surface area contributed by atoms with Gasteiger partial charge in [0.15, 0.2) is 6.61 Å². The van der Waals surface area contributed by atoms with Crippen LogP contribution in [-0.4, -0.2) is 27.8 Å². The van der Waals surface area contributed by atoms with Crippen molar-refractivity contribution in [3.63, 3.8) is 0 Å². The van der Waals surface area contributed by atoms with Gasteiger partial charge in [-0.1, -0.05) is 12.1 Å². The number of aromatic nitrogens is 3. The smallest absolute Gasteiger partial charge is 0.422 e. The number of allylic oxidation sites excluding steroid dienone is 1. The lowest BCUT2D eigenvalue weighted by Crippen LogP contribution is -2.19. The second kappa shape index (κ2) is 7.68. The highest BCUT2D eigenvalue weighted by Crippen LogP contribution is 2.26. The van der Waals surface area contributed by atoms with E-state index in [1.165, 1.54) is 16.9 Å². The van der Waals surface area contributed by atoms with Crippen LogP contribution in [0.15, 0.2) is 54.2 Å². The van der Waals surface area contributed by atoms with Gasteiger partial charge in [-0.2, -0.15) is 28.5 Å². The van der Waals surface area contributed by atoms with E-state index in [2.05, 4.69) is 15.5 Å². The predicted molar refractivity (Wildman–Crippen MR) is 93.3 cm³/mol. The number of benzene rings is 2. The summed E-state index contributed by atoms with van der Waals surface area (Å²) in [5.41, 5.74) is 1.64. The molecule has 0 bridgehead atoms. The molecule has 0 aliphatic heterocycles. The number of alkyl halides is 3. The maximum Gasteiger partial charge on any atom is 0.422 e. The van der Waals surface area contributed by atoms with Crippen LogP contribution in [0.3, 0.4) is 0 Å². The third-order valence-corrected chi connectivity index (χ3v) is 3.44. The standard InChI is InChI=1S/C18H11F3N6O/c19-18(20,21)11-28-15-6-13(24-10-12(8-22)9-23)5-14(7-15)27-25-16-3-1-2-4-17(16)26-27/h1-7,10,24H,11H2. The van der Waals surface area contributed by atoms with Crippen molar-refractivity contribution >= 4 is 16.7 Å². The first-order valence-corrected chi connectivity index (χ1v) is 7.82. The molecule has 7 nitrogen and oxygen atoms in total. The molecule has 3 rings (SSSR count). The van der Waals surface area contributed by atoms with E-state index in [1.807, 2.05) is 0 Å². The summed E-state index contributed by atoms with van der Waals surface area (Å²) in [6, 6.07) is 14.6. The molecule has 0 spiro atoms. The van der Waals surface area contributed by atoms with Gasteiger partial charge in [-0.15, -0.1) is 10.2 Å². The van der Waals surface area contributed by atoms with Crippen LogP contribution < -0.4 is 10.1 Å². The van der Waals surface area contributed by atoms with Crippen LogP contribution >= 0.6 is 0 Å². The van der Waals surface area contributed by atoms with Gasteiger partial charge in [0.2, 0.25) is 0 Å². The Balaban J connectivity index is 2.00. The number of nitriles is 2. The second-order valence-electron chi connectivity index (χ2n) is 5.52. The minimum absolute atomic E-state index is 0.0810. The summed E-state index contributed by atoms with van der Waals surface area (Å²) in [5, 5.41) is 28.8. The molecule has 3 aromatic rings. The maximum atomic E-state index is 12.5. The molecule has 0 fully saturated rings. The van der Waals surface area contributed by atoms with E-state index in [-0.39, 0.29) is 11.3 Å². The molecule has 140 valence electrons. The fourth-order valence-electron chi connectivity index (χ4n) is 2.25. The summed E-state index contributed by atoms with van der Waals surface area (Å²) in [4.78, 5) is 1.26. The van der Waals surface area contributed by atoms with Crippen LogP contribution in [-0.2, 0) is 0 Å². The Bertz CT molecular complexity index is 1070. The fourth-order valence-corrected chi connectivity index (χ4v) is 2.25. The Labute approximate surface area is 156 Å². The first-order chi connectivity index (χ1) is 13.4. The van der Waals surface area contributed by atoms with Crippen LogP contribution in [0.4, 0.5) is 18.9 Å². The summed E-state index contributed by atoms with van der Waals surface area (Å²) < 4.78 is 42.3. The number of nitrogens with one attached hydrogen (secondary N) is 1. The number of halogens is 3. The largest absolute Gasteiger partial charge is 0.484 e. The molecule has 0 saturated heterocycles. The number of hydrogen-bond donors (Lipinski definition) is 1. The zero-order valence-electron chi connectivity index (χ0n) is 14.1. The Morgan fingerprint density at radius 2 is 1.75 bits per heavy atom. The zero-order valence-corrected chi connectivity index (χ0v) is 14.1. The van der Waals surface area contributed by atoms with Crippen molar-refractivity contribution in [2.75, 3.05) is 11.9 Å². The van der Waals surface area contributed by atoms with Crippen molar-refractivity contribution in [2.24, 2.45) is 0 Å². The van der Waals surface area contributed by atoms with E-state index in [9.17, 15) is 13.2 Å². The van der Waals surface area contributed by atoms with Crippen LogP contribution in [0.25, 0.3) is 16.7 Å². The Kier molecular flexibility index (Phi) is 5.14. The van der Waals surface area contributed by atoms with E-state index >= 15 is 0 Å². The van der Waals surface area contributed by atoms with Gasteiger partial charge in [0, 0.05) is 24.0 Å². The average molecular weight is 384 g/mol. The SMILES string of the molecule is N#CC(C#N)=CNc1cc(OCC(F)(F)F)cc(-n2nc3ccccc3n2)c1. The molecule has 28 heavy (non-hydrogen) atoms. The molecule has 1 N–H and O–H groups in total. The summed E-state index contributed by atoms with van der Waals surface area (Å²) in [7, 11) is 0. The Morgan fingerprint density at radius 3 is 2.32 bits per heavy atom. The lowest BCUT2D eigenvalue weighted by Gasteiger charge is -2.12. The van der Waals surface area contributed by atoms with E-state index < -0.39 is 12.8 Å². The van der Waals surface area contributed by atoms with E-state index in [0.717, 1.165) is 6.20 Å². The Hall–Kier alpha value is -4.05. The van der Waals surface area contributed by atoms with Gasteiger partial charge < -0.3 is 10.1 Å². The summed E-state index contributed by atoms with van der Waals surface area (Å²) in [6.45, 7) is -1.47. The van der Waals surface area contributed by atoms with Gasteiger partial charge in [-0.3, -0.25) is 0 Å². The number of fused-ring (bicyclic) bond motifs is 1.